The monoisotopic (exact) mass is 536 g/mol. The minimum absolute atomic E-state index is 0.189. The van der Waals surface area contributed by atoms with E-state index in [1.54, 1.807) is 44.5 Å². The number of likely N-dealkylation sites (N-methyl/N-ethyl adjacent to an activating group) is 1. The van der Waals surface area contributed by atoms with Gasteiger partial charge in [0.25, 0.3) is 5.91 Å². The topological polar surface area (TPSA) is 84.4 Å². The van der Waals surface area contributed by atoms with Crippen molar-refractivity contribution < 1.29 is 19.0 Å². The number of halogens is 2. The summed E-state index contributed by atoms with van der Waals surface area (Å²) >= 11 is 18.4. The van der Waals surface area contributed by atoms with E-state index in [9.17, 15) is 4.79 Å². The number of nitrogens with zero attached hydrogens (tertiary/aromatic N) is 2. The molecule has 1 aromatic rings. The second kappa shape index (κ2) is 10.8. The minimum Gasteiger partial charge on any atom is -0.357 e. The number of allylic oxidation sites excluding steroid dienone is 4. The molecule has 2 aliphatic heterocycles. The fourth-order valence-electron chi connectivity index (χ4n) is 4.00. The Morgan fingerprint density at radius 1 is 1.31 bits per heavy atom. The van der Waals surface area contributed by atoms with E-state index < -0.39 is 18.2 Å². The lowest BCUT2D eigenvalue weighted by molar-refractivity contribution is -0.238. The Hall–Kier alpha value is -2.27. The van der Waals surface area contributed by atoms with Crippen molar-refractivity contribution in [3.63, 3.8) is 0 Å². The quantitative estimate of drug-likeness (QED) is 0.424. The number of nitrogens with one attached hydrogen (secondary N) is 2. The number of benzodiazepines with no additional fused rings is 1. The Morgan fingerprint density at radius 3 is 2.77 bits per heavy atom. The Bertz CT molecular complexity index is 1150. The third-order valence-electron chi connectivity index (χ3n) is 5.91. The summed E-state index contributed by atoms with van der Waals surface area (Å²) in [4.78, 5) is 19.7. The van der Waals surface area contributed by atoms with Gasteiger partial charge in [0.15, 0.2) is 11.4 Å². The van der Waals surface area contributed by atoms with Crippen molar-refractivity contribution in [2.75, 3.05) is 32.7 Å². The van der Waals surface area contributed by atoms with Gasteiger partial charge in [-0.3, -0.25) is 4.79 Å². The van der Waals surface area contributed by atoms with Crippen LogP contribution in [0.3, 0.4) is 0 Å². The lowest BCUT2D eigenvalue weighted by atomic mass is 9.96. The van der Waals surface area contributed by atoms with Crippen molar-refractivity contribution in [1.29, 1.82) is 0 Å². The van der Waals surface area contributed by atoms with Crippen LogP contribution in [0, 0.1) is 0 Å². The van der Waals surface area contributed by atoms with Gasteiger partial charge in [0.05, 0.1) is 17.9 Å². The number of hydrogen-bond donors (Lipinski definition) is 2. The Balaban J connectivity index is 1.60. The average molecular weight is 537 g/mol. The molecule has 3 aliphatic rings. The van der Waals surface area contributed by atoms with Crippen LogP contribution < -0.4 is 15.5 Å². The third kappa shape index (κ3) is 5.45. The standard InChI is InChI=1S/C24H26Cl2N4O4S/c1-30-18-9-8-14(25)12-16(18)20(15-6-4-5-7-17(15)26)28-21(22(30)31)29-23(35)27-13-24(33-3)11-10-19(32-2)34-24/h6-12,19,21H,4-5,13H2,1-3H3,(H2,27,29,35). The predicted molar refractivity (Wildman–Crippen MR) is 141 cm³/mol. The molecule has 2 N–H and O–H groups in total. The second-order valence-corrected chi connectivity index (χ2v) is 9.36. The number of rotatable bonds is 6. The summed E-state index contributed by atoms with van der Waals surface area (Å²) in [5, 5.41) is 7.38. The lowest BCUT2D eigenvalue weighted by Crippen LogP contribution is -2.52. The molecule has 2 heterocycles. The van der Waals surface area contributed by atoms with Gasteiger partial charge in [0, 0.05) is 42.5 Å². The molecule has 1 aromatic carbocycles. The Kier molecular flexibility index (Phi) is 7.95. The van der Waals surface area contributed by atoms with Gasteiger partial charge >= 0.3 is 0 Å². The van der Waals surface area contributed by atoms with E-state index in [-0.39, 0.29) is 17.6 Å². The van der Waals surface area contributed by atoms with Crippen molar-refractivity contribution in [2.45, 2.75) is 31.1 Å². The van der Waals surface area contributed by atoms with E-state index in [4.69, 9.17) is 54.6 Å². The van der Waals surface area contributed by atoms with Gasteiger partial charge in [-0.2, -0.15) is 0 Å². The van der Waals surface area contributed by atoms with Gasteiger partial charge in [-0.25, -0.2) is 4.99 Å². The van der Waals surface area contributed by atoms with Gasteiger partial charge in [-0.15, -0.1) is 0 Å². The van der Waals surface area contributed by atoms with Crippen LogP contribution in [0.2, 0.25) is 5.02 Å². The average Bonchev–Trinajstić information content (AvgIpc) is 3.25. The van der Waals surface area contributed by atoms with E-state index in [0.29, 0.717) is 27.0 Å². The molecule has 3 atom stereocenters. The SMILES string of the molecule is COC1C=CC(CNC(=S)NC2N=C(C3=CCCC=C3Cl)c3cc(Cl)ccc3N(C)C2=O)(OC)O1. The van der Waals surface area contributed by atoms with Crippen LogP contribution in [0.25, 0.3) is 0 Å². The molecule has 0 aromatic heterocycles. The smallest absolute Gasteiger partial charge is 0.272 e. The first kappa shape index (κ1) is 25.8. The molecule has 0 bridgehead atoms. The second-order valence-electron chi connectivity index (χ2n) is 8.11. The molecular formula is C24H26Cl2N4O4S. The largest absolute Gasteiger partial charge is 0.357 e. The molecule has 0 radical (unpaired) electrons. The number of methoxy groups -OCH3 is 2. The highest BCUT2D eigenvalue weighted by atomic mass is 35.5. The number of carbonyl (C=O) groups is 1. The van der Waals surface area contributed by atoms with Gasteiger partial charge in [0.2, 0.25) is 12.0 Å². The number of hydrogen-bond acceptors (Lipinski definition) is 6. The maximum absolute atomic E-state index is 13.4. The minimum atomic E-state index is -1.05. The lowest BCUT2D eigenvalue weighted by Gasteiger charge is -2.28. The summed E-state index contributed by atoms with van der Waals surface area (Å²) in [6, 6.07) is 5.32. The molecule has 11 heteroatoms. The zero-order valence-corrected chi connectivity index (χ0v) is 21.8. The number of benzene rings is 1. The highest BCUT2D eigenvalue weighted by Crippen LogP contribution is 2.34. The van der Waals surface area contributed by atoms with Crippen LogP contribution >= 0.6 is 35.4 Å². The van der Waals surface area contributed by atoms with Crippen molar-refractivity contribution in [3.8, 4) is 0 Å². The van der Waals surface area contributed by atoms with Crippen LogP contribution in [0.15, 0.2) is 58.1 Å². The summed E-state index contributed by atoms with van der Waals surface area (Å²) in [5.41, 5.74) is 2.71. The maximum Gasteiger partial charge on any atom is 0.272 e. The van der Waals surface area contributed by atoms with E-state index in [1.807, 2.05) is 12.2 Å². The summed E-state index contributed by atoms with van der Waals surface area (Å²) in [6.07, 6.45) is 7.61. The van der Waals surface area contributed by atoms with E-state index in [1.165, 1.54) is 12.0 Å². The predicted octanol–water partition coefficient (Wildman–Crippen LogP) is 3.64. The third-order valence-corrected chi connectivity index (χ3v) is 6.77. The summed E-state index contributed by atoms with van der Waals surface area (Å²) < 4.78 is 16.5. The molecule has 3 unspecified atom stereocenters. The molecule has 1 aliphatic carbocycles. The van der Waals surface area contributed by atoms with Crippen LogP contribution in [0.5, 0.6) is 0 Å². The Labute approximate surface area is 219 Å². The van der Waals surface area contributed by atoms with E-state index in [0.717, 1.165) is 18.4 Å². The molecule has 8 nitrogen and oxygen atoms in total. The number of amides is 1. The van der Waals surface area contributed by atoms with Crippen LogP contribution in [-0.4, -0.2) is 62.8 Å². The van der Waals surface area contributed by atoms with Gasteiger partial charge in [-0.05, 0) is 55.4 Å². The summed E-state index contributed by atoms with van der Waals surface area (Å²) in [5.74, 6) is -1.34. The van der Waals surface area contributed by atoms with Crippen molar-refractivity contribution >= 4 is 57.8 Å². The van der Waals surface area contributed by atoms with Crippen LogP contribution in [0.4, 0.5) is 5.69 Å². The highest BCUT2D eigenvalue weighted by molar-refractivity contribution is 7.80. The zero-order chi connectivity index (χ0) is 25.2. The van der Waals surface area contributed by atoms with Crippen LogP contribution in [0.1, 0.15) is 18.4 Å². The molecular weight excluding hydrogens is 511 g/mol. The maximum atomic E-state index is 13.4. The van der Waals surface area contributed by atoms with Crippen molar-refractivity contribution in [3.05, 3.63) is 63.7 Å². The van der Waals surface area contributed by atoms with Crippen molar-refractivity contribution in [2.24, 2.45) is 4.99 Å². The first-order valence-corrected chi connectivity index (χ1v) is 12.1. The van der Waals surface area contributed by atoms with E-state index in [2.05, 4.69) is 10.6 Å². The van der Waals surface area contributed by atoms with Gasteiger partial charge < -0.3 is 29.7 Å². The number of ether oxygens (including phenoxy) is 3. The molecule has 0 saturated carbocycles. The first-order chi connectivity index (χ1) is 16.8. The number of fused-ring (bicyclic) bond motifs is 1. The summed E-state index contributed by atoms with van der Waals surface area (Å²) in [7, 11) is 4.75. The number of aliphatic imine (C=N–C) groups is 1. The normalized spacial score (nSPS) is 25.9. The summed E-state index contributed by atoms with van der Waals surface area (Å²) in [6.45, 7) is 0.189. The number of carbonyl (C=O) groups excluding carboxylic acids is 1. The zero-order valence-electron chi connectivity index (χ0n) is 19.5. The highest BCUT2D eigenvalue weighted by Gasteiger charge is 2.37. The van der Waals surface area contributed by atoms with Gasteiger partial charge in [0.1, 0.15) is 0 Å². The number of thiocarbonyl (C=S) groups is 1. The number of anilines is 1. The fraction of sp³-hybridized carbons (Fsp3) is 0.375. The Morgan fingerprint density at radius 2 is 2.09 bits per heavy atom. The van der Waals surface area contributed by atoms with Gasteiger partial charge in [-0.1, -0.05) is 35.4 Å². The molecule has 186 valence electrons. The molecule has 0 spiro atoms. The molecule has 0 fully saturated rings. The molecule has 1 amide bonds. The molecule has 0 saturated heterocycles. The van der Waals surface area contributed by atoms with E-state index >= 15 is 0 Å². The van der Waals surface area contributed by atoms with Crippen molar-refractivity contribution in [1.82, 2.24) is 10.6 Å². The molecule has 4 rings (SSSR count). The molecule has 35 heavy (non-hydrogen) atoms. The fourth-order valence-corrected chi connectivity index (χ4v) is 4.64. The van der Waals surface area contributed by atoms with Crippen LogP contribution in [-0.2, 0) is 19.0 Å². The first-order valence-electron chi connectivity index (χ1n) is 11.0.